The summed E-state index contributed by atoms with van der Waals surface area (Å²) in [5.41, 5.74) is 2.31. The van der Waals surface area contributed by atoms with E-state index >= 15 is 0 Å². The van der Waals surface area contributed by atoms with Crippen molar-refractivity contribution in [3.63, 3.8) is 0 Å². The van der Waals surface area contributed by atoms with Gasteiger partial charge in [0.05, 0.1) is 17.6 Å². The fourth-order valence-electron chi connectivity index (χ4n) is 3.19. The highest BCUT2D eigenvalue weighted by atomic mass is 79.9. The van der Waals surface area contributed by atoms with E-state index in [2.05, 4.69) is 57.9 Å². The van der Waals surface area contributed by atoms with Crippen molar-refractivity contribution in [1.29, 1.82) is 0 Å². The number of hydrogen-bond donors (Lipinski definition) is 1. The predicted octanol–water partition coefficient (Wildman–Crippen LogP) is 4.41. The Bertz CT molecular complexity index is 597. The van der Waals surface area contributed by atoms with Gasteiger partial charge in [0.1, 0.15) is 5.82 Å². The molecule has 3 rings (SSSR count). The first kappa shape index (κ1) is 14.1. The highest BCUT2D eigenvalue weighted by Crippen LogP contribution is 2.25. The van der Waals surface area contributed by atoms with Crippen LogP contribution in [0.2, 0.25) is 0 Å². The molecule has 1 aromatic carbocycles. The van der Waals surface area contributed by atoms with Gasteiger partial charge in [-0.25, -0.2) is 4.98 Å². The van der Waals surface area contributed by atoms with Gasteiger partial charge in [-0.2, -0.15) is 0 Å². The molecule has 1 aromatic heterocycles. The van der Waals surface area contributed by atoms with Crippen molar-refractivity contribution >= 4 is 27.0 Å². The first-order valence-electron chi connectivity index (χ1n) is 7.55. The van der Waals surface area contributed by atoms with Crippen LogP contribution < -0.4 is 5.32 Å². The summed E-state index contributed by atoms with van der Waals surface area (Å²) in [6.45, 7) is 5.32. The molecule has 1 saturated carbocycles. The van der Waals surface area contributed by atoms with E-state index in [1.165, 1.54) is 31.2 Å². The van der Waals surface area contributed by atoms with Crippen LogP contribution in [0, 0.1) is 0 Å². The molecule has 0 aliphatic heterocycles. The van der Waals surface area contributed by atoms with Gasteiger partial charge in [-0.05, 0) is 44.9 Å². The van der Waals surface area contributed by atoms with Gasteiger partial charge in [-0.15, -0.1) is 0 Å². The summed E-state index contributed by atoms with van der Waals surface area (Å²) < 4.78 is 3.44. The molecular formula is C16H22BrN3. The molecule has 4 heteroatoms. The van der Waals surface area contributed by atoms with Crippen molar-refractivity contribution in [1.82, 2.24) is 14.9 Å². The van der Waals surface area contributed by atoms with Crippen LogP contribution in [0.4, 0.5) is 0 Å². The van der Waals surface area contributed by atoms with Crippen LogP contribution in [-0.2, 0) is 6.54 Å². The number of benzene rings is 1. The summed E-state index contributed by atoms with van der Waals surface area (Å²) in [7, 11) is 0. The highest BCUT2D eigenvalue weighted by Gasteiger charge is 2.17. The van der Waals surface area contributed by atoms with Crippen molar-refractivity contribution < 1.29 is 0 Å². The Balaban J connectivity index is 1.89. The summed E-state index contributed by atoms with van der Waals surface area (Å²) in [5, 5.41) is 3.67. The molecule has 0 radical (unpaired) electrons. The molecule has 1 N–H and O–H groups in total. The third-order valence-corrected chi connectivity index (χ3v) is 4.64. The third kappa shape index (κ3) is 2.77. The molecule has 1 heterocycles. The Morgan fingerprint density at radius 3 is 2.80 bits per heavy atom. The molecule has 2 aromatic rings. The number of fused-ring (bicyclic) bond motifs is 1. The minimum Gasteiger partial charge on any atom is -0.324 e. The summed E-state index contributed by atoms with van der Waals surface area (Å²) >= 11 is 3.53. The molecule has 0 bridgehead atoms. The smallest absolute Gasteiger partial charge is 0.124 e. The quantitative estimate of drug-likeness (QED) is 0.896. The topological polar surface area (TPSA) is 29.9 Å². The van der Waals surface area contributed by atoms with Gasteiger partial charge >= 0.3 is 0 Å². The fraction of sp³-hybridized carbons (Fsp3) is 0.562. The van der Waals surface area contributed by atoms with Crippen molar-refractivity contribution in [2.45, 2.75) is 58.2 Å². The van der Waals surface area contributed by atoms with Gasteiger partial charge in [0, 0.05) is 16.6 Å². The second kappa shape index (κ2) is 5.86. The molecule has 0 spiro atoms. The van der Waals surface area contributed by atoms with Crippen LogP contribution in [0.25, 0.3) is 11.0 Å². The second-order valence-corrected chi connectivity index (χ2v) is 6.90. The second-order valence-electron chi connectivity index (χ2n) is 5.99. The van der Waals surface area contributed by atoms with E-state index in [4.69, 9.17) is 4.98 Å². The normalized spacial score (nSPS) is 16.6. The van der Waals surface area contributed by atoms with Crippen LogP contribution in [0.1, 0.15) is 51.4 Å². The van der Waals surface area contributed by atoms with Gasteiger partial charge in [0.25, 0.3) is 0 Å². The average molecular weight is 336 g/mol. The Morgan fingerprint density at radius 1 is 1.35 bits per heavy atom. The number of halogens is 1. The summed E-state index contributed by atoms with van der Waals surface area (Å²) in [5.74, 6) is 1.15. The molecule has 3 nitrogen and oxygen atoms in total. The minimum absolute atomic E-state index is 0.432. The maximum atomic E-state index is 4.83. The SMILES string of the molecule is CC(C)n1c(CNC2CCCC2)nc2cc(Br)ccc21. The van der Waals surface area contributed by atoms with E-state index in [1.54, 1.807) is 0 Å². The Kier molecular flexibility index (Phi) is 4.13. The Labute approximate surface area is 128 Å². The lowest BCUT2D eigenvalue weighted by Crippen LogP contribution is -2.27. The highest BCUT2D eigenvalue weighted by molar-refractivity contribution is 9.10. The zero-order valence-corrected chi connectivity index (χ0v) is 13.8. The largest absolute Gasteiger partial charge is 0.324 e. The number of nitrogens with one attached hydrogen (secondary N) is 1. The van der Waals surface area contributed by atoms with Gasteiger partial charge in [-0.3, -0.25) is 0 Å². The maximum Gasteiger partial charge on any atom is 0.124 e. The molecule has 0 saturated heterocycles. The van der Waals surface area contributed by atoms with Crippen LogP contribution in [0.3, 0.4) is 0 Å². The van der Waals surface area contributed by atoms with Crippen molar-refractivity contribution in [2.24, 2.45) is 0 Å². The molecule has 0 amide bonds. The molecule has 108 valence electrons. The maximum absolute atomic E-state index is 4.83. The molecule has 0 atom stereocenters. The van der Waals surface area contributed by atoms with E-state index in [-0.39, 0.29) is 0 Å². The first-order chi connectivity index (χ1) is 9.65. The lowest BCUT2D eigenvalue weighted by molar-refractivity contribution is 0.489. The first-order valence-corrected chi connectivity index (χ1v) is 8.34. The molecule has 20 heavy (non-hydrogen) atoms. The average Bonchev–Trinajstić information content (AvgIpc) is 3.02. The third-order valence-electron chi connectivity index (χ3n) is 4.15. The molecule has 1 aliphatic rings. The van der Waals surface area contributed by atoms with E-state index in [0.29, 0.717) is 12.1 Å². The lowest BCUT2D eigenvalue weighted by atomic mass is 10.2. The number of rotatable bonds is 4. The number of hydrogen-bond acceptors (Lipinski definition) is 2. The van der Waals surface area contributed by atoms with E-state index < -0.39 is 0 Å². The van der Waals surface area contributed by atoms with Gasteiger partial charge < -0.3 is 9.88 Å². The summed E-state index contributed by atoms with van der Waals surface area (Å²) in [6.07, 6.45) is 5.36. The summed E-state index contributed by atoms with van der Waals surface area (Å²) in [4.78, 5) is 4.83. The van der Waals surface area contributed by atoms with E-state index in [0.717, 1.165) is 22.4 Å². The van der Waals surface area contributed by atoms with Crippen LogP contribution in [0.15, 0.2) is 22.7 Å². The Morgan fingerprint density at radius 2 is 2.10 bits per heavy atom. The van der Waals surface area contributed by atoms with E-state index in [9.17, 15) is 0 Å². The zero-order valence-electron chi connectivity index (χ0n) is 12.2. The monoisotopic (exact) mass is 335 g/mol. The minimum atomic E-state index is 0.432. The number of aromatic nitrogens is 2. The Hall–Kier alpha value is -0.870. The fourth-order valence-corrected chi connectivity index (χ4v) is 3.54. The molecule has 1 aliphatic carbocycles. The van der Waals surface area contributed by atoms with Crippen LogP contribution in [-0.4, -0.2) is 15.6 Å². The van der Waals surface area contributed by atoms with Gasteiger partial charge in [-0.1, -0.05) is 28.8 Å². The molecule has 0 unspecified atom stereocenters. The molecular weight excluding hydrogens is 314 g/mol. The predicted molar refractivity (Wildman–Crippen MR) is 86.9 cm³/mol. The zero-order chi connectivity index (χ0) is 14.1. The standard InChI is InChI=1S/C16H22BrN3/c1-11(2)20-15-8-7-12(17)9-14(15)19-16(20)10-18-13-5-3-4-6-13/h7-9,11,13,18H,3-6,10H2,1-2H3. The van der Waals surface area contributed by atoms with Gasteiger partial charge in [0.2, 0.25) is 0 Å². The van der Waals surface area contributed by atoms with Crippen molar-refractivity contribution in [2.75, 3.05) is 0 Å². The number of imidazole rings is 1. The molecule has 1 fully saturated rings. The van der Waals surface area contributed by atoms with Gasteiger partial charge in [0.15, 0.2) is 0 Å². The summed E-state index contributed by atoms with van der Waals surface area (Å²) in [6, 6.07) is 7.47. The van der Waals surface area contributed by atoms with E-state index in [1.807, 2.05) is 0 Å². The van der Waals surface area contributed by atoms with Crippen molar-refractivity contribution in [3.05, 3.63) is 28.5 Å². The number of nitrogens with zero attached hydrogens (tertiary/aromatic N) is 2. The van der Waals surface area contributed by atoms with Crippen LogP contribution >= 0.6 is 15.9 Å². The van der Waals surface area contributed by atoms with Crippen LogP contribution in [0.5, 0.6) is 0 Å². The van der Waals surface area contributed by atoms with Crippen molar-refractivity contribution in [3.8, 4) is 0 Å². The lowest BCUT2D eigenvalue weighted by Gasteiger charge is -2.16.